The van der Waals surface area contributed by atoms with Crippen LogP contribution in [0.25, 0.3) is 0 Å². The van der Waals surface area contributed by atoms with Gasteiger partial charge in [-0.15, -0.1) is 0 Å². The molecule has 4 nitrogen and oxygen atoms in total. The summed E-state index contributed by atoms with van der Waals surface area (Å²) in [5.41, 5.74) is 3.45. The fraction of sp³-hybridized carbons (Fsp3) is 0.286. The summed E-state index contributed by atoms with van der Waals surface area (Å²) in [5, 5.41) is 0. The number of methoxy groups -OCH3 is 1. The minimum Gasteiger partial charge on any atom is -0.465 e. The molecule has 2 rings (SSSR count). The van der Waals surface area contributed by atoms with Crippen LogP contribution in [0.15, 0.2) is 30.7 Å². The van der Waals surface area contributed by atoms with E-state index < -0.39 is 0 Å². The second-order valence-electron chi connectivity index (χ2n) is 4.31. The molecule has 2 aromatic rings. The molecule has 1 heterocycles. The van der Waals surface area contributed by atoms with Crippen LogP contribution < -0.4 is 0 Å². The average Bonchev–Trinajstić information content (AvgIpc) is 2.74. The lowest BCUT2D eigenvalue weighted by atomic mass is 9.98. The van der Waals surface area contributed by atoms with Crippen molar-refractivity contribution in [1.82, 2.24) is 9.55 Å². The number of imidazole rings is 1. The molecule has 1 aromatic heterocycles. The third kappa shape index (κ3) is 2.42. The van der Waals surface area contributed by atoms with Gasteiger partial charge in [-0.25, -0.2) is 9.78 Å². The molecule has 1 aromatic carbocycles. The lowest BCUT2D eigenvalue weighted by Crippen LogP contribution is -2.08. The van der Waals surface area contributed by atoms with Crippen molar-refractivity contribution in [3.8, 4) is 0 Å². The smallest absolute Gasteiger partial charge is 0.338 e. The predicted molar refractivity (Wildman–Crippen MR) is 68.5 cm³/mol. The molecule has 18 heavy (non-hydrogen) atoms. The van der Waals surface area contributed by atoms with E-state index in [0.717, 1.165) is 16.8 Å². The number of nitrogens with zero attached hydrogens (tertiary/aromatic N) is 2. The highest BCUT2D eigenvalue weighted by molar-refractivity contribution is 5.92. The first kappa shape index (κ1) is 12.4. The van der Waals surface area contributed by atoms with Gasteiger partial charge >= 0.3 is 5.97 Å². The zero-order valence-corrected chi connectivity index (χ0v) is 10.8. The summed E-state index contributed by atoms with van der Waals surface area (Å²) in [7, 11) is 3.33. The quantitative estimate of drug-likeness (QED) is 0.777. The number of carbonyl (C=O) groups is 1. The highest BCUT2D eigenvalue weighted by Gasteiger charge is 2.15. The Morgan fingerprint density at radius 2 is 2.22 bits per heavy atom. The van der Waals surface area contributed by atoms with Crippen LogP contribution in [0.2, 0.25) is 0 Å². The lowest BCUT2D eigenvalue weighted by molar-refractivity contribution is 0.0599. The predicted octanol–water partition coefficient (Wildman–Crippen LogP) is 2.11. The zero-order chi connectivity index (χ0) is 13.1. The number of aryl methyl sites for hydroxylation is 2. The van der Waals surface area contributed by atoms with Crippen molar-refractivity contribution in [2.45, 2.75) is 13.3 Å². The number of hydrogen-bond acceptors (Lipinski definition) is 3. The van der Waals surface area contributed by atoms with Gasteiger partial charge in [-0.2, -0.15) is 0 Å². The normalized spacial score (nSPS) is 10.4. The Morgan fingerprint density at radius 3 is 2.83 bits per heavy atom. The van der Waals surface area contributed by atoms with E-state index in [1.54, 1.807) is 6.33 Å². The summed E-state index contributed by atoms with van der Waals surface area (Å²) >= 11 is 0. The van der Waals surface area contributed by atoms with Crippen molar-refractivity contribution in [3.05, 3.63) is 53.1 Å². The maximum atomic E-state index is 11.8. The van der Waals surface area contributed by atoms with Crippen LogP contribution in [0.5, 0.6) is 0 Å². The molecule has 0 fully saturated rings. The molecule has 0 radical (unpaired) electrons. The van der Waals surface area contributed by atoms with E-state index >= 15 is 0 Å². The van der Waals surface area contributed by atoms with Crippen LogP contribution in [0.4, 0.5) is 0 Å². The molecule has 0 spiro atoms. The molecule has 0 N–H and O–H groups in total. The van der Waals surface area contributed by atoms with E-state index in [-0.39, 0.29) is 5.97 Å². The second-order valence-corrected chi connectivity index (χ2v) is 4.31. The molecule has 0 aliphatic heterocycles. The first-order chi connectivity index (χ1) is 8.61. The Bertz CT molecular complexity index is 573. The van der Waals surface area contributed by atoms with Gasteiger partial charge in [0, 0.05) is 19.7 Å². The van der Waals surface area contributed by atoms with Crippen LogP contribution in [0.1, 0.15) is 27.2 Å². The fourth-order valence-electron chi connectivity index (χ4n) is 2.02. The SMILES string of the molecule is COC(=O)c1c(C)cccc1Cc1cn(C)cn1. The van der Waals surface area contributed by atoms with E-state index in [0.29, 0.717) is 12.0 Å². The highest BCUT2D eigenvalue weighted by Crippen LogP contribution is 2.18. The third-order valence-electron chi connectivity index (χ3n) is 2.88. The summed E-state index contributed by atoms with van der Waals surface area (Å²) in [6.07, 6.45) is 4.33. The standard InChI is InChI=1S/C14H16N2O2/c1-10-5-4-6-11(13(10)14(17)18-3)7-12-8-16(2)9-15-12/h4-6,8-9H,7H2,1-3H3. The first-order valence-corrected chi connectivity index (χ1v) is 5.75. The molecular weight excluding hydrogens is 228 g/mol. The molecule has 0 saturated carbocycles. The Morgan fingerprint density at radius 1 is 1.44 bits per heavy atom. The van der Waals surface area contributed by atoms with E-state index in [2.05, 4.69) is 4.98 Å². The van der Waals surface area contributed by atoms with Crippen molar-refractivity contribution >= 4 is 5.97 Å². The van der Waals surface area contributed by atoms with Crippen LogP contribution >= 0.6 is 0 Å². The van der Waals surface area contributed by atoms with Gasteiger partial charge < -0.3 is 9.30 Å². The summed E-state index contributed by atoms with van der Waals surface area (Å²) < 4.78 is 6.73. The van der Waals surface area contributed by atoms with Gasteiger partial charge in [-0.3, -0.25) is 0 Å². The summed E-state index contributed by atoms with van der Waals surface area (Å²) in [5.74, 6) is -0.293. The number of esters is 1. The Kier molecular flexibility index (Phi) is 3.46. The molecule has 0 atom stereocenters. The third-order valence-corrected chi connectivity index (χ3v) is 2.88. The van der Waals surface area contributed by atoms with E-state index in [4.69, 9.17) is 4.74 Å². The molecular formula is C14H16N2O2. The van der Waals surface area contributed by atoms with Crippen molar-refractivity contribution in [2.75, 3.05) is 7.11 Å². The van der Waals surface area contributed by atoms with Crippen molar-refractivity contribution in [3.63, 3.8) is 0 Å². The van der Waals surface area contributed by atoms with Crippen LogP contribution in [-0.4, -0.2) is 22.6 Å². The summed E-state index contributed by atoms with van der Waals surface area (Å²) in [6.45, 7) is 1.91. The number of hydrogen-bond donors (Lipinski definition) is 0. The number of benzene rings is 1. The Hall–Kier alpha value is -2.10. The number of rotatable bonds is 3. The van der Waals surface area contributed by atoms with Gasteiger partial charge in [0.2, 0.25) is 0 Å². The highest BCUT2D eigenvalue weighted by atomic mass is 16.5. The minimum absolute atomic E-state index is 0.293. The lowest BCUT2D eigenvalue weighted by Gasteiger charge is -2.09. The van der Waals surface area contributed by atoms with Gasteiger partial charge in [0.15, 0.2) is 0 Å². The van der Waals surface area contributed by atoms with E-state index in [1.165, 1.54) is 7.11 Å². The van der Waals surface area contributed by atoms with E-state index in [1.807, 2.05) is 42.9 Å². The molecule has 4 heteroatoms. The summed E-state index contributed by atoms with van der Waals surface area (Å²) in [6, 6.07) is 5.79. The van der Waals surface area contributed by atoms with Crippen molar-refractivity contribution in [1.29, 1.82) is 0 Å². The van der Waals surface area contributed by atoms with Gasteiger partial charge in [0.1, 0.15) is 0 Å². The van der Waals surface area contributed by atoms with Crippen LogP contribution in [0, 0.1) is 6.92 Å². The topological polar surface area (TPSA) is 44.1 Å². The Labute approximate surface area is 106 Å². The van der Waals surface area contributed by atoms with Crippen LogP contribution in [-0.2, 0) is 18.2 Å². The monoisotopic (exact) mass is 244 g/mol. The maximum absolute atomic E-state index is 11.8. The number of carbonyl (C=O) groups excluding carboxylic acids is 1. The molecule has 0 aliphatic carbocycles. The first-order valence-electron chi connectivity index (χ1n) is 5.75. The largest absolute Gasteiger partial charge is 0.465 e. The fourth-order valence-corrected chi connectivity index (χ4v) is 2.02. The van der Waals surface area contributed by atoms with E-state index in [9.17, 15) is 4.79 Å². The van der Waals surface area contributed by atoms with Gasteiger partial charge in [0.05, 0.1) is 24.7 Å². The average molecular weight is 244 g/mol. The molecule has 0 amide bonds. The zero-order valence-electron chi connectivity index (χ0n) is 10.8. The number of aromatic nitrogens is 2. The molecule has 0 aliphatic rings. The maximum Gasteiger partial charge on any atom is 0.338 e. The van der Waals surface area contributed by atoms with Crippen molar-refractivity contribution in [2.24, 2.45) is 7.05 Å². The minimum atomic E-state index is -0.293. The molecule has 0 unspecified atom stereocenters. The van der Waals surface area contributed by atoms with Gasteiger partial charge in [-0.1, -0.05) is 18.2 Å². The molecule has 0 saturated heterocycles. The second kappa shape index (κ2) is 5.04. The summed E-state index contributed by atoms with van der Waals surface area (Å²) in [4.78, 5) is 16.1. The van der Waals surface area contributed by atoms with Gasteiger partial charge in [0.25, 0.3) is 0 Å². The Balaban J connectivity index is 2.38. The molecule has 0 bridgehead atoms. The molecule has 94 valence electrons. The number of ether oxygens (including phenoxy) is 1. The van der Waals surface area contributed by atoms with Gasteiger partial charge in [-0.05, 0) is 18.1 Å². The van der Waals surface area contributed by atoms with Crippen LogP contribution in [0.3, 0.4) is 0 Å². The van der Waals surface area contributed by atoms with Crippen molar-refractivity contribution < 1.29 is 9.53 Å².